The van der Waals surface area contributed by atoms with E-state index in [1.54, 1.807) is 6.33 Å². The van der Waals surface area contributed by atoms with Gasteiger partial charge in [0.25, 0.3) is 0 Å². The average Bonchev–Trinajstić information content (AvgIpc) is 2.58. The predicted octanol–water partition coefficient (Wildman–Crippen LogP) is 3.37. The van der Waals surface area contributed by atoms with Crippen molar-refractivity contribution < 1.29 is 0 Å². The largest absolute Gasteiger partial charge is 0.367 e. The molecule has 120 valence electrons. The van der Waals surface area contributed by atoms with E-state index in [2.05, 4.69) is 56.6 Å². The first-order valence-electron chi connectivity index (χ1n) is 8.29. The van der Waals surface area contributed by atoms with Crippen LogP contribution in [-0.2, 0) is 0 Å². The standard InChI is InChI=1S/C19H24N4/c1-16-14-19(21-15-20-16)22-18-9-12-23(13-10-18)11-5-8-17-6-3-2-4-7-17/h2-8,14-15,18H,9-13H2,1H3,(H,20,21,22). The van der Waals surface area contributed by atoms with Crippen LogP contribution >= 0.6 is 0 Å². The summed E-state index contributed by atoms with van der Waals surface area (Å²) in [6, 6.07) is 13.0. The van der Waals surface area contributed by atoms with E-state index in [0.29, 0.717) is 6.04 Å². The van der Waals surface area contributed by atoms with Crippen molar-refractivity contribution >= 4 is 11.9 Å². The van der Waals surface area contributed by atoms with Gasteiger partial charge >= 0.3 is 0 Å². The van der Waals surface area contributed by atoms with Gasteiger partial charge in [-0.05, 0) is 25.3 Å². The second-order valence-corrected chi connectivity index (χ2v) is 6.08. The molecule has 1 N–H and O–H groups in total. The fourth-order valence-corrected chi connectivity index (χ4v) is 2.90. The number of rotatable bonds is 5. The molecule has 1 fully saturated rings. The lowest BCUT2D eigenvalue weighted by atomic mass is 10.0. The maximum absolute atomic E-state index is 4.29. The summed E-state index contributed by atoms with van der Waals surface area (Å²) >= 11 is 0. The Balaban J connectivity index is 1.42. The maximum atomic E-state index is 4.29. The van der Waals surface area contributed by atoms with Crippen LogP contribution in [0.4, 0.5) is 5.82 Å². The van der Waals surface area contributed by atoms with Gasteiger partial charge in [0.15, 0.2) is 0 Å². The van der Waals surface area contributed by atoms with Gasteiger partial charge < -0.3 is 5.32 Å². The number of aromatic nitrogens is 2. The number of benzene rings is 1. The van der Waals surface area contributed by atoms with Crippen molar-refractivity contribution in [3.05, 3.63) is 60.1 Å². The van der Waals surface area contributed by atoms with E-state index in [4.69, 9.17) is 0 Å². The monoisotopic (exact) mass is 308 g/mol. The molecule has 1 aromatic carbocycles. The van der Waals surface area contributed by atoms with Gasteiger partial charge in [0.2, 0.25) is 0 Å². The molecule has 0 spiro atoms. The minimum atomic E-state index is 0.513. The van der Waals surface area contributed by atoms with Gasteiger partial charge in [-0.1, -0.05) is 42.5 Å². The Labute approximate surface area is 138 Å². The SMILES string of the molecule is Cc1cc(NC2CCN(CC=Cc3ccccc3)CC2)ncn1. The first kappa shape index (κ1) is 15.7. The summed E-state index contributed by atoms with van der Waals surface area (Å²) in [5.41, 5.74) is 2.27. The number of nitrogens with zero attached hydrogens (tertiary/aromatic N) is 3. The lowest BCUT2D eigenvalue weighted by Crippen LogP contribution is -2.39. The Morgan fingerprint density at radius 2 is 1.96 bits per heavy atom. The van der Waals surface area contributed by atoms with Crippen molar-refractivity contribution in [3.8, 4) is 0 Å². The van der Waals surface area contributed by atoms with Gasteiger partial charge in [-0.25, -0.2) is 9.97 Å². The summed E-state index contributed by atoms with van der Waals surface area (Å²) in [5.74, 6) is 0.944. The van der Waals surface area contributed by atoms with E-state index in [0.717, 1.165) is 44.0 Å². The number of piperidine rings is 1. The van der Waals surface area contributed by atoms with E-state index in [9.17, 15) is 0 Å². The highest BCUT2D eigenvalue weighted by Crippen LogP contribution is 2.15. The molecule has 0 saturated carbocycles. The fourth-order valence-electron chi connectivity index (χ4n) is 2.90. The Morgan fingerprint density at radius 3 is 2.70 bits per heavy atom. The van der Waals surface area contributed by atoms with Gasteiger partial charge in [0.1, 0.15) is 12.1 Å². The van der Waals surface area contributed by atoms with Crippen molar-refractivity contribution in [2.45, 2.75) is 25.8 Å². The van der Waals surface area contributed by atoms with Gasteiger partial charge in [0.05, 0.1) is 0 Å². The molecule has 0 unspecified atom stereocenters. The molecule has 0 radical (unpaired) electrons. The van der Waals surface area contributed by atoms with Gasteiger partial charge in [-0.15, -0.1) is 0 Å². The van der Waals surface area contributed by atoms with E-state index >= 15 is 0 Å². The van der Waals surface area contributed by atoms with E-state index in [-0.39, 0.29) is 0 Å². The number of likely N-dealkylation sites (tertiary alicyclic amines) is 1. The van der Waals surface area contributed by atoms with Crippen LogP contribution in [0.3, 0.4) is 0 Å². The Bertz CT molecular complexity index is 631. The van der Waals surface area contributed by atoms with Crippen molar-refractivity contribution in [2.24, 2.45) is 0 Å². The lowest BCUT2D eigenvalue weighted by Gasteiger charge is -2.31. The summed E-state index contributed by atoms with van der Waals surface area (Å²) in [6.07, 6.45) is 8.40. The summed E-state index contributed by atoms with van der Waals surface area (Å²) in [6.45, 7) is 5.27. The van der Waals surface area contributed by atoms with E-state index < -0.39 is 0 Å². The van der Waals surface area contributed by atoms with Crippen LogP contribution in [0.2, 0.25) is 0 Å². The second kappa shape index (κ2) is 7.88. The topological polar surface area (TPSA) is 41.0 Å². The highest BCUT2D eigenvalue weighted by molar-refractivity contribution is 5.48. The van der Waals surface area contributed by atoms with E-state index in [1.807, 2.05) is 19.1 Å². The molecule has 2 heterocycles. The molecule has 3 rings (SSSR count). The van der Waals surface area contributed by atoms with Crippen molar-refractivity contribution in [3.63, 3.8) is 0 Å². The van der Waals surface area contributed by atoms with Crippen molar-refractivity contribution in [2.75, 3.05) is 25.0 Å². The zero-order chi connectivity index (χ0) is 15.9. The molecule has 1 aliphatic heterocycles. The molecule has 0 amide bonds. The Hall–Kier alpha value is -2.20. The van der Waals surface area contributed by atoms with Crippen LogP contribution in [-0.4, -0.2) is 40.5 Å². The summed E-state index contributed by atoms with van der Waals surface area (Å²) in [4.78, 5) is 10.9. The molecule has 0 bridgehead atoms. The molecule has 0 atom stereocenters. The normalized spacial score (nSPS) is 16.7. The molecular formula is C19H24N4. The third kappa shape index (κ3) is 4.89. The first-order valence-corrected chi connectivity index (χ1v) is 8.29. The van der Waals surface area contributed by atoms with E-state index in [1.165, 1.54) is 5.56 Å². The third-order valence-electron chi connectivity index (χ3n) is 4.22. The summed E-state index contributed by atoms with van der Waals surface area (Å²) in [7, 11) is 0. The minimum absolute atomic E-state index is 0.513. The number of aryl methyl sites for hydroxylation is 1. The Kier molecular flexibility index (Phi) is 5.37. The molecular weight excluding hydrogens is 284 g/mol. The van der Waals surface area contributed by atoms with Gasteiger partial charge in [0, 0.05) is 37.4 Å². The zero-order valence-corrected chi connectivity index (χ0v) is 13.7. The molecule has 4 nitrogen and oxygen atoms in total. The maximum Gasteiger partial charge on any atom is 0.129 e. The molecule has 1 saturated heterocycles. The van der Waals surface area contributed by atoms with Crippen LogP contribution in [0.25, 0.3) is 6.08 Å². The number of hydrogen-bond acceptors (Lipinski definition) is 4. The number of nitrogens with one attached hydrogen (secondary N) is 1. The molecule has 0 aliphatic carbocycles. The minimum Gasteiger partial charge on any atom is -0.367 e. The smallest absolute Gasteiger partial charge is 0.129 e. The van der Waals surface area contributed by atoms with Crippen LogP contribution in [0.1, 0.15) is 24.1 Å². The second-order valence-electron chi connectivity index (χ2n) is 6.08. The average molecular weight is 308 g/mol. The first-order chi connectivity index (χ1) is 11.3. The van der Waals surface area contributed by atoms with Crippen molar-refractivity contribution in [1.82, 2.24) is 14.9 Å². The lowest BCUT2D eigenvalue weighted by molar-refractivity contribution is 0.240. The van der Waals surface area contributed by atoms with Crippen LogP contribution in [0.5, 0.6) is 0 Å². The number of hydrogen-bond donors (Lipinski definition) is 1. The van der Waals surface area contributed by atoms with Crippen LogP contribution in [0.15, 0.2) is 48.8 Å². The molecule has 23 heavy (non-hydrogen) atoms. The molecule has 1 aromatic heterocycles. The van der Waals surface area contributed by atoms with Crippen LogP contribution in [0, 0.1) is 6.92 Å². The quantitative estimate of drug-likeness (QED) is 0.919. The zero-order valence-electron chi connectivity index (χ0n) is 13.7. The fraction of sp³-hybridized carbons (Fsp3) is 0.368. The molecule has 4 heteroatoms. The molecule has 2 aromatic rings. The number of anilines is 1. The van der Waals surface area contributed by atoms with Gasteiger partial charge in [-0.3, -0.25) is 4.90 Å². The third-order valence-corrected chi connectivity index (χ3v) is 4.22. The predicted molar refractivity (Wildman–Crippen MR) is 95.3 cm³/mol. The highest BCUT2D eigenvalue weighted by atomic mass is 15.1. The summed E-state index contributed by atoms with van der Waals surface area (Å²) < 4.78 is 0. The van der Waals surface area contributed by atoms with Gasteiger partial charge in [-0.2, -0.15) is 0 Å². The van der Waals surface area contributed by atoms with Crippen molar-refractivity contribution in [1.29, 1.82) is 0 Å². The Morgan fingerprint density at radius 1 is 1.17 bits per heavy atom. The summed E-state index contributed by atoms with van der Waals surface area (Å²) in [5, 5.41) is 3.53. The highest BCUT2D eigenvalue weighted by Gasteiger charge is 2.18. The molecule has 1 aliphatic rings. The van der Waals surface area contributed by atoms with Crippen LogP contribution < -0.4 is 5.32 Å².